The molecule has 4 nitrogen and oxygen atoms in total. The smallest absolute Gasteiger partial charge is 0.726 e. The minimum atomic E-state index is -4.47. The summed E-state index contributed by atoms with van der Waals surface area (Å²) >= 11 is 0. The predicted octanol–water partition coefficient (Wildman–Crippen LogP) is -2.88. The van der Waals surface area contributed by atoms with Crippen LogP contribution >= 0.6 is 0 Å². The van der Waals surface area contributed by atoms with Crippen LogP contribution in [0.5, 0.6) is 0 Å². The Morgan fingerprint density at radius 2 is 1.90 bits per heavy atom. The molecule has 10 heavy (non-hydrogen) atoms. The fourth-order valence-electron chi connectivity index (χ4n) is 0.219. The monoisotopic (exact) mass is 176 g/mol. The molecule has 0 fully saturated rings. The van der Waals surface area contributed by atoms with Crippen molar-refractivity contribution in [2.45, 2.75) is 13.8 Å². The molecule has 0 atom stereocenters. The van der Waals surface area contributed by atoms with Crippen LogP contribution in [0.15, 0.2) is 0 Å². The van der Waals surface area contributed by atoms with Gasteiger partial charge in [-0.3, -0.25) is 4.18 Å². The average Bonchev–Trinajstić information content (AvgIpc) is 1.59. The standard InChI is InChI=1S/C4H10O4S.Na/c1-4(2)3-8-9(5,6)7;/h4H,3H2,1-2H3,(H,5,6,7);/q;+1/p-1. The molecule has 0 aromatic carbocycles. The Hall–Kier alpha value is 0.870. The van der Waals surface area contributed by atoms with Crippen LogP contribution in [0.4, 0.5) is 0 Å². The van der Waals surface area contributed by atoms with Gasteiger partial charge in [0.1, 0.15) is 0 Å². The molecule has 0 heterocycles. The molecule has 0 saturated carbocycles. The van der Waals surface area contributed by atoms with Gasteiger partial charge in [-0.25, -0.2) is 8.42 Å². The molecule has 0 radical (unpaired) electrons. The Labute approximate surface area is 83.2 Å². The average molecular weight is 176 g/mol. The first-order chi connectivity index (χ1) is 3.92. The molecule has 0 aromatic heterocycles. The molecule has 6 heteroatoms. The zero-order chi connectivity index (χ0) is 7.49. The summed E-state index contributed by atoms with van der Waals surface area (Å²) in [6, 6.07) is 0. The zero-order valence-corrected chi connectivity index (χ0v) is 9.14. The van der Waals surface area contributed by atoms with Crippen molar-refractivity contribution in [2.24, 2.45) is 5.92 Å². The molecule has 0 aliphatic carbocycles. The van der Waals surface area contributed by atoms with Crippen LogP contribution in [0.3, 0.4) is 0 Å². The Kier molecular flexibility index (Phi) is 7.42. The van der Waals surface area contributed by atoms with Gasteiger partial charge in [-0.1, -0.05) is 13.8 Å². The third kappa shape index (κ3) is 11.6. The van der Waals surface area contributed by atoms with E-state index in [1.54, 1.807) is 13.8 Å². The summed E-state index contributed by atoms with van der Waals surface area (Å²) in [6.45, 7) is 3.47. The van der Waals surface area contributed by atoms with Crippen LogP contribution in [-0.4, -0.2) is 19.6 Å². The van der Waals surface area contributed by atoms with Crippen molar-refractivity contribution >= 4 is 10.4 Å². The summed E-state index contributed by atoms with van der Waals surface area (Å²) in [5.74, 6) is 0.0636. The molecule has 0 bridgehead atoms. The Morgan fingerprint density at radius 3 is 2.00 bits per heavy atom. The first-order valence-corrected chi connectivity index (χ1v) is 3.85. The fourth-order valence-corrected chi connectivity index (χ4v) is 0.658. The molecule has 0 aromatic rings. The van der Waals surface area contributed by atoms with Crippen LogP contribution in [0, 0.1) is 5.92 Å². The van der Waals surface area contributed by atoms with E-state index in [-0.39, 0.29) is 42.1 Å². The normalized spacial score (nSPS) is 11.2. The SMILES string of the molecule is CC(C)COS(=O)(=O)[O-].[Na+]. The Balaban J connectivity index is 0. The van der Waals surface area contributed by atoms with E-state index in [0.717, 1.165) is 0 Å². The third-order valence-corrected chi connectivity index (χ3v) is 0.970. The zero-order valence-electron chi connectivity index (χ0n) is 6.33. The van der Waals surface area contributed by atoms with Crippen LogP contribution in [0.25, 0.3) is 0 Å². The molecule has 0 rings (SSSR count). The van der Waals surface area contributed by atoms with Gasteiger partial charge in [-0.05, 0) is 5.92 Å². The minimum absolute atomic E-state index is 0. The van der Waals surface area contributed by atoms with Crippen molar-refractivity contribution in [1.29, 1.82) is 0 Å². The second-order valence-corrected chi connectivity index (χ2v) is 3.14. The number of rotatable bonds is 3. The van der Waals surface area contributed by atoms with Crippen molar-refractivity contribution in [3.05, 3.63) is 0 Å². The largest absolute Gasteiger partial charge is 1.00 e. The molecule has 0 amide bonds. The third-order valence-electron chi connectivity index (χ3n) is 0.546. The molecule has 0 N–H and O–H groups in total. The molecule has 0 spiro atoms. The maximum absolute atomic E-state index is 9.76. The summed E-state index contributed by atoms with van der Waals surface area (Å²) in [6.07, 6.45) is 0. The molecule has 0 unspecified atom stereocenters. The van der Waals surface area contributed by atoms with E-state index in [1.807, 2.05) is 0 Å². The van der Waals surface area contributed by atoms with E-state index in [4.69, 9.17) is 0 Å². The molecular weight excluding hydrogens is 167 g/mol. The van der Waals surface area contributed by atoms with E-state index < -0.39 is 10.4 Å². The van der Waals surface area contributed by atoms with Gasteiger partial charge in [0, 0.05) is 0 Å². The van der Waals surface area contributed by atoms with E-state index >= 15 is 0 Å². The van der Waals surface area contributed by atoms with Crippen LogP contribution < -0.4 is 29.6 Å². The first kappa shape index (κ1) is 13.5. The van der Waals surface area contributed by atoms with E-state index in [1.165, 1.54) is 0 Å². The van der Waals surface area contributed by atoms with E-state index in [2.05, 4.69) is 4.18 Å². The minimum Gasteiger partial charge on any atom is -0.726 e. The summed E-state index contributed by atoms with van der Waals surface area (Å²) < 4.78 is 33.2. The van der Waals surface area contributed by atoms with E-state index in [0.29, 0.717) is 0 Å². The van der Waals surface area contributed by atoms with Gasteiger partial charge >= 0.3 is 29.6 Å². The maximum atomic E-state index is 9.76. The van der Waals surface area contributed by atoms with Crippen molar-refractivity contribution in [3.63, 3.8) is 0 Å². The fraction of sp³-hybridized carbons (Fsp3) is 1.00. The van der Waals surface area contributed by atoms with Crippen molar-refractivity contribution in [1.82, 2.24) is 0 Å². The molecule has 0 saturated heterocycles. The van der Waals surface area contributed by atoms with Gasteiger partial charge in [0.2, 0.25) is 10.4 Å². The maximum Gasteiger partial charge on any atom is 1.00 e. The van der Waals surface area contributed by atoms with E-state index in [9.17, 15) is 13.0 Å². The van der Waals surface area contributed by atoms with Crippen molar-refractivity contribution < 1.29 is 46.7 Å². The number of hydrogen-bond donors (Lipinski definition) is 0. The Bertz CT molecular complexity index is 162. The summed E-state index contributed by atoms with van der Waals surface area (Å²) in [4.78, 5) is 0. The summed E-state index contributed by atoms with van der Waals surface area (Å²) in [5.41, 5.74) is 0. The molecule has 0 aliphatic heterocycles. The topological polar surface area (TPSA) is 66.4 Å². The molecule has 56 valence electrons. The Morgan fingerprint density at radius 1 is 1.50 bits per heavy atom. The first-order valence-electron chi connectivity index (χ1n) is 2.52. The van der Waals surface area contributed by atoms with Gasteiger partial charge < -0.3 is 4.55 Å². The summed E-state index contributed by atoms with van der Waals surface area (Å²) in [5, 5.41) is 0. The quantitative estimate of drug-likeness (QED) is 0.263. The summed E-state index contributed by atoms with van der Waals surface area (Å²) in [7, 11) is -4.47. The molecule has 0 aliphatic rings. The number of hydrogen-bond acceptors (Lipinski definition) is 4. The van der Waals surface area contributed by atoms with Gasteiger partial charge in [0.25, 0.3) is 0 Å². The van der Waals surface area contributed by atoms with Crippen LogP contribution in [-0.2, 0) is 14.6 Å². The second-order valence-electron chi connectivity index (χ2n) is 2.09. The second kappa shape index (κ2) is 5.51. The van der Waals surface area contributed by atoms with Gasteiger partial charge in [0.05, 0.1) is 6.61 Å². The van der Waals surface area contributed by atoms with Crippen LogP contribution in [0.1, 0.15) is 13.8 Å². The van der Waals surface area contributed by atoms with Gasteiger partial charge in [-0.2, -0.15) is 0 Å². The van der Waals surface area contributed by atoms with Gasteiger partial charge in [0.15, 0.2) is 0 Å². The van der Waals surface area contributed by atoms with Crippen molar-refractivity contribution in [3.8, 4) is 0 Å². The van der Waals surface area contributed by atoms with Crippen molar-refractivity contribution in [2.75, 3.05) is 6.61 Å². The van der Waals surface area contributed by atoms with Gasteiger partial charge in [-0.15, -0.1) is 0 Å². The molecular formula is C4H9NaO4S. The predicted molar refractivity (Wildman–Crippen MR) is 30.5 cm³/mol. The van der Waals surface area contributed by atoms with Crippen LogP contribution in [0.2, 0.25) is 0 Å².